The van der Waals surface area contributed by atoms with E-state index in [-0.39, 0.29) is 0 Å². The van der Waals surface area contributed by atoms with Gasteiger partial charge in [0, 0.05) is 32.5 Å². The van der Waals surface area contributed by atoms with Crippen LogP contribution in [0.2, 0.25) is 0 Å². The molecule has 3 rings (SSSR count). The Hall–Kier alpha value is -1.62. The van der Waals surface area contributed by atoms with Gasteiger partial charge in [-0.3, -0.25) is 0 Å². The van der Waals surface area contributed by atoms with Crippen LogP contribution in [-0.4, -0.2) is 41.3 Å². The fourth-order valence-corrected chi connectivity index (χ4v) is 3.12. The highest BCUT2D eigenvalue weighted by Gasteiger charge is 2.22. The summed E-state index contributed by atoms with van der Waals surface area (Å²) in [6.45, 7) is 8.05. The molecule has 0 spiro atoms. The summed E-state index contributed by atoms with van der Waals surface area (Å²) >= 11 is 0. The van der Waals surface area contributed by atoms with E-state index in [1.54, 1.807) is 6.33 Å². The molecular weight excluding hydrogens is 264 g/mol. The average molecular weight is 288 g/mol. The van der Waals surface area contributed by atoms with Crippen molar-refractivity contribution in [2.75, 3.05) is 31.2 Å². The molecule has 1 saturated heterocycles. The summed E-state index contributed by atoms with van der Waals surface area (Å²) in [7, 11) is 0. The predicted octanol–water partition coefficient (Wildman–Crippen LogP) is 2.77. The molecule has 0 aromatic carbocycles. The second-order valence-electron chi connectivity index (χ2n) is 5.68. The van der Waals surface area contributed by atoms with Crippen LogP contribution in [0.3, 0.4) is 0 Å². The third-order valence-electron chi connectivity index (χ3n) is 4.38. The Balaban J connectivity index is 1.77. The van der Waals surface area contributed by atoms with Crippen molar-refractivity contribution in [3.8, 4) is 0 Å². The molecule has 2 aromatic rings. The normalized spacial score (nSPS) is 16.8. The first-order valence-corrected chi connectivity index (χ1v) is 7.97. The highest BCUT2D eigenvalue weighted by atomic mass is 16.5. The molecule has 1 fully saturated rings. The molecule has 3 heterocycles. The number of fused-ring (bicyclic) bond motifs is 1. The van der Waals surface area contributed by atoms with Crippen molar-refractivity contribution in [2.45, 2.75) is 33.1 Å². The molecule has 0 aliphatic carbocycles. The van der Waals surface area contributed by atoms with Gasteiger partial charge in [-0.15, -0.1) is 0 Å². The van der Waals surface area contributed by atoms with Crippen LogP contribution in [0.15, 0.2) is 12.5 Å². The Labute approximate surface area is 125 Å². The van der Waals surface area contributed by atoms with Crippen molar-refractivity contribution in [1.82, 2.24) is 15.0 Å². The smallest absolute Gasteiger partial charge is 0.143 e. The number of nitrogens with one attached hydrogen (secondary N) is 1. The highest BCUT2D eigenvalue weighted by molar-refractivity contribution is 5.90. The van der Waals surface area contributed by atoms with Gasteiger partial charge in [0.15, 0.2) is 0 Å². The SMILES string of the molecule is CCOCC1CCN(c2ncnc3[nH]cc(CC)c23)CC1. The van der Waals surface area contributed by atoms with Crippen LogP contribution < -0.4 is 4.90 Å². The summed E-state index contributed by atoms with van der Waals surface area (Å²) in [6.07, 6.45) is 7.08. The van der Waals surface area contributed by atoms with E-state index in [0.717, 1.165) is 44.2 Å². The lowest BCUT2D eigenvalue weighted by Gasteiger charge is -2.33. The van der Waals surface area contributed by atoms with Crippen LogP contribution in [0, 0.1) is 5.92 Å². The summed E-state index contributed by atoms with van der Waals surface area (Å²) < 4.78 is 5.56. The topological polar surface area (TPSA) is 54.0 Å². The van der Waals surface area contributed by atoms with E-state index in [9.17, 15) is 0 Å². The third-order valence-corrected chi connectivity index (χ3v) is 4.38. The van der Waals surface area contributed by atoms with Crippen LogP contribution in [0.4, 0.5) is 5.82 Å². The molecule has 0 unspecified atom stereocenters. The minimum Gasteiger partial charge on any atom is -0.381 e. The van der Waals surface area contributed by atoms with E-state index >= 15 is 0 Å². The van der Waals surface area contributed by atoms with Crippen LogP contribution in [0.25, 0.3) is 11.0 Å². The maximum absolute atomic E-state index is 5.56. The van der Waals surface area contributed by atoms with Gasteiger partial charge >= 0.3 is 0 Å². The van der Waals surface area contributed by atoms with Gasteiger partial charge in [0.1, 0.15) is 17.8 Å². The van der Waals surface area contributed by atoms with Crippen molar-refractivity contribution in [1.29, 1.82) is 0 Å². The fourth-order valence-electron chi connectivity index (χ4n) is 3.12. The lowest BCUT2D eigenvalue weighted by molar-refractivity contribution is 0.100. The Morgan fingerprint density at radius 3 is 2.81 bits per heavy atom. The number of hydrogen-bond acceptors (Lipinski definition) is 4. The number of rotatable bonds is 5. The van der Waals surface area contributed by atoms with Crippen molar-refractivity contribution in [2.24, 2.45) is 5.92 Å². The number of aromatic nitrogens is 3. The minimum atomic E-state index is 0.690. The largest absolute Gasteiger partial charge is 0.381 e. The minimum absolute atomic E-state index is 0.690. The lowest BCUT2D eigenvalue weighted by atomic mass is 9.97. The van der Waals surface area contributed by atoms with Gasteiger partial charge in [-0.25, -0.2) is 9.97 Å². The number of piperidine rings is 1. The van der Waals surface area contributed by atoms with Crippen molar-refractivity contribution in [3.63, 3.8) is 0 Å². The molecule has 5 heteroatoms. The van der Waals surface area contributed by atoms with Crippen LogP contribution in [0.1, 0.15) is 32.3 Å². The standard InChI is InChI=1S/C16H24N4O/c1-3-13-9-17-15-14(13)16(19-11-18-15)20-7-5-12(6-8-20)10-21-4-2/h9,11-12H,3-8,10H2,1-2H3,(H,17,18,19). The van der Waals surface area contributed by atoms with Gasteiger partial charge in [0.25, 0.3) is 0 Å². The predicted molar refractivity (Wildman–Crippen MR) is 84.7 cm³/mol. The van der Waals surface area contributed by atoms with Crippen LogP contribution in [-0.2, 0) is 11.2 Å². The molecule has 114 valence electrons. The molecule has 1 aliphatic rings. The van der Waals surface area contributed by atoms with E-state index in [0.29, 0.717) is 5.92 Å². The Bertz CT molecular complexity index is 587. The summed E-state index contributed by atoms with van der Waals surface area (Å²) in [6, 6.07) is 0. The van der Waals surface area contributed by atoms with Crippen LogP contribution >= 0.6 is 0 Å². The van der Waals surface area contributed by atoms with Gasteiger partial charge < -0.3 is 14.6 Å². The average Bonchev–Trinajstić information content (AvgIpc) is 2.96. The molecule has 0 saturated carbocycles. The second kappa shape index (κ2) is 6.43. The number of anilines is 1. The van der Waals surface area contributed by atoms with Crippen molar-refractivity contribution < 1.29 is 4.74 Å². The molecule has 5 nitrogen and oxygen atoms in total. The number of aromatic amines is 1. The van der Waals surface area contributed by atoms with E-state index in [1.807, 2.05) is 0 Å². The number of ether oxygens (including phenoxy) is 1. The lowest BCUT2D eigenvalue weighted by Crippen LogP contribution is -2.35. The Kier molecular flexibility index (Phi) is 4.39. The molecule has 0 atom stereocenters. The Morgan fingerprint density at radius 2 is 2.10 bits per heavy atom. The molecule has 0 amide bonds. The number of nitrogens with zero attached hydrogens (tertiary/aromatic N) is 3. The quantitative estimate of drug-likeness (QED) is 0.919. The van der Waals surface area contributed by atoms with E-state index in [2.05, 4.69) is 39.9 Å². The molecule has 0 radical (unpaired) electrons. The number of hydrogen-bond donors (Lipinski definition) is 1. The second-order valence-corrected chi connectivity index (χ2v) is 5.68. The first-order valence-electron chi connectivity index (χ1n) is 7.97. The maximum Gasteiger partial charge on any atom is 0.143 e. The zero-order valence-electron chi connectivity index (χ0n) is 12.9. The molecular formula is C16H24N4O. The fraction of sp³-hybridized carbons (Fsp3) is 0.625. The zero-order valence-corrected chi connectivity index (χ0v) is 12.9. The molecule has 21 heavy (non-hydrogen) atoms. The van der Waals surface area contributed by atoms with E-state index < -0.39 is 0 Å². The van der Waals surface area contributed by atoms with Crippen molar-refractivity contribution >= 4 is 16.9 Å². The van der Waals surface area contributed by atoms with Gasteiger partial charge in [0.2, 0.25) is 0 Å². The monoisotopic (exact) mass is 288 g/mol. The number of H-pyrrole nitrogens is 1. The number of aryl methyl sites for hydroxylation is 1. The highest BCUT2D eigenvalue weighted by Crippen LogP contribution is 2.29. The summed E-state index contributed by atoms with van der Waals surface area (Å²) in [5.74, 6) is 1.78. The molecule has 1 aliphatic heterocycles. The van der Waals surface area contributed by atoms with E-state index in [1.165, 1.54) is 23.8 Å². The first-order chi connectivity index (χ1) is 10.3. The summed E-state index contributed by atoms with van der Waals surface area (Å²) in [4.78, 5) is 14.6. The summed E-state index contributed by atoms with van der Waals surface area (Å²) in [5, 5.41) is 1.20. The van der Waals surface area contributed by atoms with Gasteiger partial charge in [-0.2, -0.15) is 0 Å². The van der Waals surface area contributed by atoms with Crippen LogP contribution in [0.5, 0.6) is 0 Å². The van der Waals surface area contributed by atoms with Gasteiger partial charge in [-0.05, 0) is 37.7 Å². The van der Waals surface area contributed by atoms with Gasteiger partial charge in [0.05, 0.1) is 5.39 Å². The first kappa shape index (κ1) is 14.3. The molecule has 0 bridgehead atoms. The zero-order chi connectivity index (χ0) is 14.7. The molecule has 2 aromatic heterocycles. The van der Waals surface area contributed by atoms with Gasteiger partial charge in [-0.1, -0.05) is 6.92 Å². The molecule has 1 N–H and O–H groups in total. The van der Waals surface area contributed by atoms with E-state index in [4.69, 9.17) is 4.74 Å². The van der Waals surface area contributed by atoms with Crippen molar-refractivity contribution in [3.05, 3.63) is 18.1 Å². The third kappa shape index (κ3) is 2.88. The maximum atomic E-state index is 5.56. The summed E-state index contributed by atoms with van der Waals surface area (Å²) in [5.41, 5.74) is 2.25. The Morgan fingerprint density at radius 1 is 1.29 bits per heavy atom.